The second kappa shape index (κ2) is 9.80. The van der Waals surface area contributed by atoms with Gasteiger partial charge in [-0.25, -0.2) is 0 Å². The van der Waals surface area contributed by atoms with Gasteiger partial charge in [0.1, 0.15) is 0 Å². The van der Waals surface area contributed by atoms with Gasteiger partial charge in [-0.05, 0) is 86.9 Å². The van der Waals surface area contributed by atoms with Crippen molar-refractivity contribution in [2.45, 2.75) is 129 Å². The van der Waals surface area contributed by atoms with E-state index in [4.69, 9.17) is 0 Å². The maximum atomic E-state index is 2.40. The predicted molar refractivity (Wildman–Crippen MR) is 111 cm³/mol. The molecule has 0 aromatic heterocycles. The van der Waals surface area contributed by atoms with E-state index in [2.05, 4.69) is 13.8 Å². The maximum absolute atomic E-state index is 2.40. The summed E-state index contributed by atoms with van der Waals surface area (Å²) in [6, 6.07) is 0. The Morgan fingerprint density at radius 3 is 1.92 bits per heavy atom. The lowest BCUT2D eigenvalue weighted by Crippen LogP contribution is -2.38. The number of hydrogen-bond acceptors (Lipinski definition) is 0. The van der Waals surface area contributed by atoms with Crippen LogP contribution >= 0.6 is 0 Å². The van der Waals surface area contributed by atoms with Crippen molar-refractivity contribution in [2.24, 2.45) is 29.1 Å². The molecule has 3 rings (SSSR count). The van der Waals surface area contributed by atoms with Gasteiger partial charge in [-0.2, -0.15) is 0 Å². The summed E-state index contributed by atoms with van der Waals surface area (Å²) in [5.74, 6) is 4.37. The van der Waals surface area contributed by atoms with Crippen LogP contribution in [0.4, 0.5) is 0 Å². The van der Waals surface area contributed by atoms with Gasteiger partial charge in [0.25, 0.3) is 0 Å². The molecule has 0 aromatic carbocycles. The third kappa shape index (κ3) is 5.04. The Hall–Kier alpha value is 0. The molecule has 3 fully saturated rings. The van der Waals surface area contributed by atoms with Crippen molar-refractivity contribution in [1.29, 1.82) is 0 Å². The van der Waals surface area contributed by atoms with Crippen molar-refractivity contribution in [3.05, 3.63) is 0 Å². The zero-order chi connectivity index (χ0) is 17.5. The summed E-state index contributed by atoms with van der Waals surface area (Å²) in [5, 5.41) is 0. The largest absolute Gasteiger partial charge is 0.0654 e. The Bertz CT molecular complexity index is 348. The smallest absolute Gasteiger partial charge is 0.0269 e. The Morgan fingerprint density at radius 2 is 1.32 bits per heavy atom. The summed E-state index contributed by atoms with van der Waals surface area (Å²) in [6.07, 6.45) is 27.7. The SMILES string of the molecule is CCCCC1(C2CCCCC2)CCC(C2CCC(CCC)CC2)CC1. The molecule has 146 valence electrons. The molecule has 3 aliphatic rings. The topological polar surface area (TPSA) is 0 Å². The monoisotopic (exact) mass is 346 g/mol. The van der Waals surface area contributed by atoms with Crippen LogP contribution in [0.3, 0.4) is 0 Å². The van der Waals surface area contributed by atoms with Crippen molar-refractivity contribution in [2.75, 3.05) is 0 Å². The molecule has 0 amide bonds. The second-order valence-corrected chi connectivity index (χ2v) is 10.2. The van der Waals surface area contributed by atoms with Crippen molar-refractivity contribution in [3.8, 4) is 0 Å². The molecule has 0 aliphatic heterocycles. The lowest BCUT2D eigenvalue weighted by Gasteiger charge is -2.49. The number of unbranched alkanes of at least 4 members (excludes halogenated alkanes) is 1. The molecule has 3 saturated carbocycles. The molecule has 0 nitrogen and oxygen atoms in total. The van der Waals surface area contributed by atoms with Gasteiger partial charge in [0.15, 0.2) is 0 Å². The average molecular weight is 347 g/mol. The fourth-order valence-corrected chi connectivity index (χ4v) is 7.15. The van der Waals surface area contributed by atoms with E-state index in [0.29, 0.717) is 0 Å². The minimum Gasteiger partial charge on any atom is -0.0654 e. The zero-order valence-electron chi connectivity index (χ0n) is 17.5. The van der Waals surface area contributed by atoms with Gasteiger partial charge < -0.3 is 0 Å². The summed E-state index contributed by atoms with van der Waals surface area (Å²) < 4.78 is 0. The zero-order valence-corrected chi connectivity index (χ0v) is 17.5. The van der Waals surface area contributed by atoms with Crippen LogP contribution < -0.4 is 0 Å². The van der Waals surface area contributed by atoms with Gasteiger partial charge in [-0.15, -0.1) is 0 Å². The Balaban J connectivity index is 1.52. The average Bonchev–Trinajstić information content (AvgIpc) is 2.68. The van der Waals surface area contributed by atoms with Crippen LogP contribution in [0.1, 0.15) is 129 Å². The first-order chi connectivity index (χ1) is 12.3. The van der Waals surface area contributed by atoms with Crippen LogP contribution in [0.5, 0.6) is 0 Å². The minimum absolute atomic E-state index is 0.770. The number of hydrogen-bond donors (Lipinski definition) is 0. The van der Waals surface area contributed by atoms with Gasteiger partial charge in [0.2, 0.25) is 0 Å². The van der Waals surface area contributed by atoms with Crippen molar-refractivity contribution >= 4 is 0 Å². The van der Waals surface area contributed by atoms with Crippen molar-refractivity contribution < 1.29 is 0 Å². The first kappa shape index (κ1) is 19.8. The summed E-state index contributed by atoms with van der Waals surface area (Å²) in [4.78, 5) is 0. The second-order valence-electron chi connectivity index (χ2n) is 10.2. The van der Waals surface area contributed by atoms with E-state index in [1.165, 1.54) is 44.9 Å². The lowest BCUT2D eigenvalue weighted by molar-refractivity contribution is 0.0185. The normalized spacial score (nSPS) is 37.9. The van der Waals surface area contributed by atoms with E-state index in [0.717, 1.165) is 29.1 Å². The summed E-state index contributed by atoms with van der Waals surface area (Å²) in [7, 11) is 0. The molecule has 0 saturated heterocycles. The summed E-state index contributed by atoms with van der Waals surface area (Å²) in [5.41, 5.74) is 0.770. The van der Waals surface area contributed by atoms with E-state index in [1.807, 2.05) is 0 Å². The molecule has 0 radical (unpaired) electrons. The fraction of sp³-hybridized carbons (Fsp3) is 1.00. The first-order valence-electron chi connectivity index (χ1n) is 12.3. The summed E-state index contributed by atoms with van der Waals surface area (Å²) >= 11 is 0. The van der Waals surface area contributed by atoms with E-state index < -0.39 is 0 Å². The highest BCUT2D eigenvalue weighted by molar-refractivity contribution is 4.93. The minimum atomic E-state index is 0.770. The Labute approximate surface area is 158 Å². The molecule has 3 aliphatic carbocycles. The van der Waals surface area contributed by atoms with E-state index in [-0.39, 0.29) is 0 Å². The molecular weight excluding hydrogens is 300 g/mol. The highest BCUT2D eigenvalue weighted by atomic mass is 14.5. The molecule has 0 aromatic rings. The van der Waals surface area contributed by atoms with Crippen LogP contribution in [0.2, 0.25) is 0 Å². The third-order valence-corrected chi connectivity index (χ3v) is 8.78. The highest BCUT2D eigenvalue weighted by Crippen LogP contribution is 2.54. The molecule has 0 spiro atoms. The van der Waals surface area contributed by atoms with Gasteiger partial charge in [0, 0.05) is 0 Å². The van der Waals surface area contributed by atoms with E-state index in [1.54, 1.807) is 70.6 Å². The molecular formula is C25H46. The van der Waals surface area contributed by atoms with Gasteiger partial charge in [0.05, 0.1) is 0 Å². The molecule has 25 heavy (non-hydrogen) atoms. The van der Waals surface area contributed by atoms with E-state index >= 15 is 0 Å². The van der Waals surface area contributed by atoms with Crippen LogP contribution in [0, 0.1) is 29.1 Å². The fourth-order valence-electron chi connectivity index (χ4n) is 7.15. The summed E-state index contributed by atoms with van der Waals surface area (Å²) in [6.45, 7) is 4.77. The lowest BCUT2D eigenvalue weighted by atomic mass is 9.56. The van der Waals surface area contributed by atoms with Crippen molar-refractivity contribution in [3.63, 3.8) is 0 Å². The van der Waals surface area contributed by atoms with Crippen LogP contribution in [0.25, 0.3) is 0 Å². The standard InChI is InChI=1S/C25H46/c1-3-5-18-25(24-10-7-6-8-11-24)19-16-23(17-20-25)22-14-12-21(9-4-2)13-15-22/h21-24H,3-20H2,1-2H3. The van der Waals surface area contributed by atoms with Crippen LogP contribution in [0.15, 0.2) is 0 Å². The Kier molecular flexibility index (Phi) is 7.74. The van der Waals surface area contributed by atoms with Crippen LogP contribution in [-0.4, -0.2) is 0 Å². The van der Waals surface area contributed by atoms with E-state index in [9.17, 15) is 0 Å². The van der Waals surface area contributed by atoms with Crippen LogP contribution in [-0.2, 0) is 0 Å². The maximum Gasteiger partial charge on any atom is -0.0269 e. The molecule has 0 atom stereocenters. The predicted octanol–water partition coefficient (Wildman–Crippen LogP) is 8.54. The molecule has 0 heterocycles. The highest BCUT2D eigenvalue weighted by Gasteiger charge is 2.42. The quantitative estimate of drug-likeness (QED) is 0.433. The first-order valence-corrected chi connectivity index (χ1v) is 12.3. The van der Waals surface area contributed by atoms with Crippen molar-refractivity contribution in [1.82, 2.24) is 0 Å². The van der Waals surface area contributed by atoms with Gasteiger partial charge >= 0.3 is 0 Å². The molecule has 0 bridgehead atoms. The molecule has 0 heteroatoms. The van der Waals surface area contributed by atoms with Gasteiger partial charge in [-0.3, -0.25) is 0 Å². The van der Waals surface area contributed by atoms with Gasteiger partial charge in [-0.1, -0.05) is 71.6 Å². The Morgan fingerprint density at radius 1 is 0.680 bits per heavy atom. The third-order valence-electron chi connectivity index (χ3n) is 8.78. The molecule has 0 unspecified atom stereocenters. The number of rotatable bonds is 7. The molecule has 0 N–H and O–H groups in total.